The Labute approximate surface area is 147 Å². The van der Waals surface area contributed by atoms with Crippen molar-refractivity contribution in [1.82, 2.24) is 9.78 Å². The first-order valence-corrected chi connectivity index (χ1v) is 8.50. The van der Waals surface area contributed by atoms with Crippen molar-refractivity contribution >= 4 is 17.6 Å². The van der Waals surface area contributed by atoms with Crippen molar-refractivity contribution in [3.8, 4) is 0 Å². The smallest absolute Gasteiger partial charge is 0.306 e. The number of carbonyl (C=O) groups excluding carboxylic acids is 1. The summed E-state index contributed by atoms with van der Waals surface area (Å²) in [6.45, 7) is 8.28. The summed E-state index contributed by atoms with van der Waals surface area (Å²) in [6, 6.07) is 7.27. The minimum Gasteiger partial charge on any atom is -0.481 e. The van der Waals surface area contributed by atoms with Gasteiger partial charge in [-0.3, -0.25) is 14.3 Å². The van der Waals surface area contributed by atoms with E-state index in [0.717, 1.165) is 29.9 Å². The van der Waals surface area contributed by atoms with E-state index in [2.05, 4.69) is 17.3 Å². The van der Waals surface area contributed by atoms with Gasteiger partial charge >= 0.3 is 5.97 Å². The zero-order valence-corrected chi connectivity index (χ0v) is 15.2. The maximum atomic E-state index is 12.6. The SMILES string of the molecule is CCCn1nc(C)c(C(=O)Nc2ccc(CC(C)C(=O)O)cc2)c1C. The predicted molar refractivity (Wildman–Crippen MR) is 96.9 cm³/mol. The fourth-order valence-electron chi connectivity index (χ4n) is 2.81. The maximum absolute atomic E-state index is 12.6. The first-order valence-electron chi connectivity index (χ1n) is 8.50. The fourth-order valence-corrected chi connectivity index (χ4v) is 2.81. The number of carboxylic acids is 1. The second-order valence-corrected chi connectivity index (χ2v) is 6.36. The minimum absolute atomic E-state index is 0.177. The summed E-state index contributed by atoms with van der Waals surface area (Å²) in [5.74, 6) is -1.42. The molecule has 134 valence electrons. The Morgan fingerprint density at radius 3 is 2.44 bits per heavy atom. The third-order valence-corrected chi connectivity index (χ3v) is 4.22. The number of nitrogens with one attached hydrogen (secondary N) is 1. The number of anilines is 1. The molecule has 2 aromatic rings. The van der Waals surface area contributed by atoms with Gasteiger partial charge in [-0.15, -0.1) is 0 Å². The Bertz CT molecular complexity index is 763. The lowest BCUT2D eigenvalue weighted by molar-refractivity contribution is -0.141. The van der Waals surface area contributed by atoms with Crippen LogP contribution in [0.2, 0.25) is 0 Å². The second-order valence-electron chi connectivity index (χ2n) is 6.36. The summed E-state index contributed by atoms with van der Waals surface area (Å²) in [5.41, 5.74) is 3.80. The van der Waals surface area contributed by atoms with Gasteiger partial charge in [-0.1, -0.05) is 26.0 Å². The predicted octanol–water partition coefficient (Wildman–Crippen LogP) is 3.43. The average Bonchev–Trinajstić information content (AvgIpc) is 2.83. The number of benzene rings is 1. The Kier molecular flexibility index (Phi) is 5.96. The van der Waals surface area contributed by atoms with Gasteiger partial charge in [0.1, 0.15) is 0 Å². The fraction of sp³-hybridized carbons (Fsp3) is 0.421. The van der Waals surface area contributed by atoms with Crippen molar-refractivity contribution < 1.29 is 14.7 Å². The number of aromatic nitrogens is 2. The highest BCUT2D eigenvalue weighted by Gasteiger charge is 2.18. The Balaban J connectivity index is 2.10. The molecule has 0 aliphatic carbocycles. The third kappa shape index (κ3) is 4.47. The normalized spacial score (nSPS) is 12.0. The van der Waals surface area contributed by atoms with Crippen molar-refractivity contribution in [3.05, 3.63) is 46.8 Å². The van der Waals surface area contributed by atoms with Gasteiger partial charge in [-0.2, -0.15) is 5.10 Å². The van der Waals surface area contributed by atoms with E-state index in [9.17, 15) is 9.59 Å². The molecule has 1 unspecified atom stereocenters. The summed E-state index contributed by atoms with van der Waals surface area (Å²) in [7, 11) is 0. The number of aryl methyl sites for hydroxylation is 2. The highest BCUT2D eigenvalue weighted by Crippen LogP contribution is 2.18. The number of hydrogen-bond donors (Lipinski definition) is 2. The number of amides is 1. The average molecular weight is 343 g/mol. The minimum atomic E-state index is -0.813. The first-order chi connectivity index (χ1) is 11.8. The molecular formula is C19H25N3O3. The van der Waals surface area contributed by atoms with Crippen LogP contribution in [0.4, 0.5) is 5.69 Å². The van der Waals surface area contributed by atoms with Crippen LogP contribution in [0, 0.1) is 19.8 Å². The van der Waals surface area contributed by atoms with Gasteiger partial charge in [0.15, 0.2) is 0 Å². The van der Waals surface area contributed by atoms with Gasteiger partial charge in [0, 0.05) is 17.9 Å². The van der Waals surface area contributed by atoms with Gasteiger partial charge in [0.2, 0.25) is 0 Å². The van der Waals surface area contributed by atoms with E-state index in [0.29, 0.717) is 17.7 Å². The van der Waals surface area contributed by atoms with E-state index in [1.807, 2.05) is 30.7 Å². The summed E-state index contributed by atoms with van der Waals surface area (Å²) < 4.78 is 1.86. The second kappa shape index (κ2) is 7.96. The van der Waals surface area contributed by atoms with Gasteiger partial charge in [0.25, 0.3) is 5.91 Å². The zero-order valence-electron chi connectivity index (χ0n) is 15.2. The molecule has 25 heavy (non-hydrogen) atoms. The largest absolute Gasteiger partial charge is 0.481 e. The monoisotopic (exact) mass is 343 g/mol. The molecule has 6 nitrogen and oxygen atoms in total. The molecule has 2 N–H and O–H groups in total. The van der Waals surface area contributed by atoms with Crippen LogP contribution in [0.15, 0.2) is 24.3 Å². The molecule has 0 bridgehead atoms. The van der Waals surface area contributed by atoms with Gasteiger partial charge < -0.3 is 10.4 Å². The van der Waals surface area contributed by atoms with Crippen molar-refractivity contribution in [1.29, 1.82) is 0 Å². The Morgan fingerprint density at radius 1 is 1.24 bits per heavy atom. The molecule has 0 radical (unpaired) electrons. The number of nitrogens with zero attached hydrogens (tertiary/aromatic N) is 2. The highest BCUT2D eigenvalue weighted by molar-refractivity contribution is 6.05. The Morgan fingerprint density at radius 2 is 1.88 bits per heavy atom. The maximum Gasteiger partial charge on any atom is 0.306 e. The first kappa shape index (κ1) is 18.7. The van der Waals surface area contributed by atoms with Gasteiger partial charge in [-0.25, -0.2) is 0 Å². The summed E-state index contributed by atoms with van der Waals surface area (Å²) in [6.07, 6.45) is 1.42. The topological polar surface area (TPSA) is 84.2 Å². The molecule has 0 saturated heterocycles. The van der Waals surface area contributed by atoms with Crippen LogP contribution in [0.5, 0.6) is 0 Å². The van der Waals surface area contributed by atoms with Crippen LogP contribution in [-0.2, 0) is 17.8 Å². The number of rotatable bonds is 7. The van der Waals surface area contributed by atoms with Crippen molar-refractivity contribution in [2.75, 3.05) is 5.32 Å². The van der Waals surface area contributed by atoms with Crippen LogP contribution < -0.4 is 5.32 Å². The highest BCUT2D eigenvalue weighted by atomic mass is 16.4. The molecule has 6 heteroatoms. The summed E-state index contributed by atoms with van der Waals surface area (Å²) in [4.78, 5) is 23.5. The van der Waals surface area contributed by atoms with E-state index in [-0.39, 0.29) is 5.91 Å². The molecule has 1 amide bonds. The molecule has 0 aliphatic heterocycles. The zero-order chi connectivity index (χ0) is 18.6. The van der Waals surface area contributed by atoms with E-state index < -0.39 is 11.9 Å². The molecule has 0 saturated carbocycles. The third-order valence-electron chi connectivity index (χ3n) is 4.22. The van der Waals surface area contributed by atoms with Crippen LogP contribution in [0.1, 0.15) is 47.6 Å². The Hall–Kier alpha value is -2.63. The van der Waals surface area contributed by atoms with E-state index in [4.69, 9.17) is 5.11 Å². The summed E-state index contributed by atoms with van der Waals surface area (Å²) >= 11 is 0. The molecule has 0 aliphatic rings. The number of carboxylic acid groups (broad SMARTS) is 1. The van der Waals surface area contributed by atoms with E-state index in [1.165, 1.54) is 0 Å². The van der Waals surface area contributed by atoms with Crippen LogP contribution in [0.25, 0.3) is 0 Å². The van der Waals surface area contributed by atoms with Crippen LogP contribution in [0.3, 0.4) is 0 Å². The molecular weight excluding hydrogens is 318 g/mol. The van der Waals surface area contributed by atoms with Crippen molar-refractivity contribution in [2.24, 2.45) is 5.92 Å². The van der Waals surface area contributed by atoms with Crippen molar-refractivity contribution in [2.45, 2.75) is 47.1 Å². The van der Waals surface area contributed by atoms with Gasteiger partial charge in [-0.05, 0) is 44.4 Å². The number of carbonyl (C=O) groups is 2. The van der Waals surface area contributed by atoms with Crippen LogP contribution in [-0.4, -0.2) is 26.8 Å². The number of aliphatic carboxylic acids is 1. The molecule has 1 heterocycles. The lowest BCUT2D eigenvalue weighted by atomic mass is 10.0. The molecule has 1 aromatic heterocycles. The lowest BCUT2D eigenvalue weighted by Gasteiger charge is -2.09. The van der Waals surface area contributed by atoms with Gasteiger partial charge in [0.05, 0.1) is 17.2 Å². The molecule has 0 fully saturated rings. The molecule has 2 rings (SSSR count). The lowest BCUT2D eigenvalue weighted by Crippen LogP contribution is -2.15. The van der Waals surface area contributed by atoms with Crippen molar-refractivity contribution in [3.63, 3.8) is 0 Å². The van der Waals surface area contributed by atoms with E-state index in [1.54, 1.807) is 19.1 Å². The quantitative estimate of drug-likeness (QED) is 0.807. The molecule has 1 atom stereocenters. The molecule has 1 aromatic carbocycles. The number of hydrogen-bond acceptors (Lipinski definition) is 3. The van der Waals surface area contributed by atoms with Crippen LogP contribution >= 0.6 is 0 Å². The standard InChI is InChI=1S/C19H25N3O3/c1-5-10-22-14(4)17(13(3)21-22)18(23)20-16-8-6-15(7-9-16)11-12(2)19(24)25/h6-9,12H,5,10-11H2,1-4H3,(H,20,23)(H,24,25). The molecule has 0 spiro atoms. The van der Waals surface area contributed by atoms with E-state index >= 15 is 0 Å². The summed E-state index contributed by atoms with van der Waals surface area (Å²) in [5, 5.41) is 16.3.